The van der Waals surface area contributed by atoms with Gasteiger partial charge < -0.3 is 15.1 Å². The van der Waals surface area contributed by atoms with E-state index in [4.69, 9.17) is 0 Å². The van der Waals surface area contributed by atoms with Crippen LogP contribution in [0.1, 0.15) is 56.9 Å². The number of nitrogens with zero attached hydrogens (tertiary/aromatic N) is 3. The van der Waals surface area contributed by atoms with E-state index in [2.05, 4.69) is 36.0 Å². The quantitative estimate of drug-likeness (QED) is 0.828. The number of carbonyl (C=O) groups excluding carboxylic acids is 2. The molecule has 1 N–H and O–H groups in total. The Labute approximate surface area is 174 Å². The fraction of sp³-hybridized carbons (Fsp3) is 0.696. The van der Waals surface area contributed by atoms with Crippen molar-refractivity contribution in [2.24, 2.45) is 23.2 Å². The Hall–Kier alpha value is -2.11. The minimum atomic E-state index is -0.157. The molecule has 158 valence electrons. The number of pyridine rings is 1. The highest BCUT2D eigenvalue weighted by Gasteiger charge is 2.63. The normalized spacial score (nSPS) is 32.0. The first kappa shape index (κ1) is 20.2. The second-order valence-electron chi connectivity index (χ2n) is 9.87. The van der Waals surface area contributed by atoms with Crippen LogP contribution in [0.15, 0.2) is 18.3 Å². The van der Waals surface area contributed by atoms with Crippen molar-refractivity contribution in [2.45, 2.75) is 58.5 Å². The topological polar surface area (TPSA) is 65.5 Å². The van der Waals surface area contributed by atoms with Crippen LogP contribution in [0.25, 0.3) is 0 Å². The number of likely N-dealkylation sites (tertiary alicyclic amines) is 1. The van der Waals surface area contributed by atoms with E-state index in [9.17, 15) is 9.59 Å². The summed E-state index contributed by atoms with van der Waals surface area (Å²) in [6.07, 6.45) is 5.42. The Balaban J connectivity index is 1.39. The van der Waals surface area contributed by atoms with Gasteiger partial charge in [0, 0.05) is 38.4 Å². The van der Waals surface area contributed by atoms with Crippen molar-refractivity contribution in [1.29, 1.82) is 0 Å². The molecule has 6 heteroatoms. The van der Waals surface area contributed by atoms with Gasteiger partial charge in [-0.25, -0.2) is 0 Å². The molecule has 2 aliphatic carbocycles. The summed E-state index contributed by atoms with van der Waals surface area (Å²) in [5.41, 5.74) is 1.81. The molecule has 1 unspecified atom stereocenters. The number of amides is 2. The van der Waals surface area contributed by atoms with E-state index in [1.807, 2.05) is 25.1 Å². The Morgan fingerprint density at radius 2 is 1.97 bits per heavy atom. The van der Waals surface area contributed by atoms with Crippen LogP contribution < -0.4 is 10.2 Å². The van der Waals surface area contributed by atoms with E-state index >= 15 is 0 Å². The Kier molecular flexibility index (Phi) is 5.07. The third kappa shape index (κ3) is 3.51. The molecule has 6 nitrogen and oxygen atoms in total. The molecule has 1 aromatic rings. The number of nitrogens with one attached hydrogen (secondary N) is 1. The van der Waals surface area contributed by atoms with Gasteiger partial charge in [-0.2, -0.15) is 0 Å². The number of carbonyl (C=O) groups is 2. The zero-order valence-corrected chi connectivity index (χ0v) is 18.3. The molecule has 5 atom stereocenters. The molecule has 1 saturated heterocycles. The summed E-state index contributed by atoms with van der Waals surface area (Å²) in [7, 11) is 3.89. The van der Waals surface area contributed by atoms with Crippen molar-refractivity contribution in [1.82, 2.24) is 15.2 Å². The van der Waals surface area contributed by atoms with E-state index in [0.717, 1.165) is 49.8 Å². The molecule has 29 heavy (non-hydrogen) atoms. The second kappa shape index (κ2) is 7.29. The maximum atomic E-state index is 13.2. The van der Waals surface area contributed by atoms with Crippen molar-refractivity contribution >= 4 is 17.5 Å². The Morgan fingerprint density at radius 3 is 2.59 bits per heavy atom. The van der Waals surface area contributed by atoms with Crippen LogP contribution in [-0.4, -0.2) is 54.4 Å². The highest BCUT2D eigenvalue weighted by atomic mass is 16.2. The van der Waals surface area contributed by atoms with E-state index in [0.29, 0.717) is 17.0 Å². The maximum Gasteiger partial charge on any atom is 0.270 e. The van der Waals surface area contributed by atoms with Gasteiger partial charge in [0.1, 0.15) is 5.69 Å². The first-order chi connectivity index (χ1) is 13.7. The lowest BCUT2D eigenvalue weighted by Gasteiger charge is -2.30. The van der Waals surface area contributed by atoms with Crippen LogP contribution in [0.2, 0.25) is 0 Å². The maximum absolute atomic E-state index is 13.2. The standard InChI is InChI=1S/C23H34N4O2/c1-6-20-18(25-21(28)19-13-15(26(4)5)7-9-24-19)8-10-27(20)22(29)14-11-16-17(12-14)23(16,2)3/h7,9,13-14,16-18,20H,6,8,10-12H2,1-5H3,(H,25,28)/t14?,16-,17+,18-,20+/m0/s1. The van der Waals surface area contributed by atoms with Crippen molar-refractivity contribution < 1.29 is 9.59 Å². The fourth-order valence-corrected chi connectivity index (χ4v) is 5.80. The molecule has 4 rings (SSSR count). The average Bonchev–Trinajstić information content (AvgIpc) is 3.12. The summed E-state index contributed by atoms with van der Waals surface area (Å²) in [6, 6.07) is 3.76. The molecule has 0 bridgehead atoms. The lowest BCUT2D eigenvalue weighted by atomic mass is 9.92. The average molecular weight is 399 g/mol. The van der Waals surface area contributed by atoms with Gasteiger partial charge >= 0.3 is 0 Å². The fourth-order valence-electron chi connectivity index (χ4n) is 5.80. The SMILES string of the molecule is CC[C@@H]1[C@@H](NC(=O)c2cc(N(C)C)ccn2)CCN1C(=O)C1C[C@@H]2[C@H](C1)C2(C)C. The van der Waals surface area contributed by atoms with Gasteiger partial charge in [0.25, 0.3) is 5.91 Å². The van der Waals surface area contributed by atoms with E-state index < -0.39 is 0 Å². The van der Waals surface area contributed by atoms with Gasteiger partial charge in [-0.3, -0.25) is 14.6 Å². The Bertz CT molecular complexity index is 792. The molecule has 0 aromatic carbocycles. The highest BCUT2D eigenvalue weighted by Crippen LogP contribution is 2.68. The van der Waals surface area contributed by atoms with Gasteiger partial charge in [-0.15, -0.1) is 0 Å². The second-order valence-corrected chi connectivity index (χ2v) is 9.87. The zero-order valence-electron chi connectivity index (χ0n) is 18.3. The summed E-state index contributed by atoms with van der Waals surface area (Å²) < 4.78 is 0. The van der Waals surface area contributed by atoms with Gasteiger partial charge in [0.05, 0.1) is 12.1 Å². The molecular weight excluding hydrogens is 364 g/mol. The number of fused-ring (bicyclic) bond motifs is 1. The van der Waals surface area contributed by atoms with Crippen molar-refractivity contribution in [2.75, 3.05) is 25.5 Å². The molecule has 3 fully saturated rings. The van der Waals surface area contributed by atoms with Crippen molar-refractivity contribution in [3.05, 3.63) is 24.0 Å². The number of aromatic nitrogens is 1. The summed E-state index contributed by atoms with van der Waals surface area (Å²) in [6.45, 7) is 7.51. The summed E-state index contributed by atoms with van der Waals surface area (Å²) in [4.78, 5) is 34.3. The molecule has 1 aliphatic heterocycles. The van der Waals surface area contributed by atoms with E-state index in [-0.39, 0.29) is 23.9 Å². The van der Waals surface area contributed by atoms with Crippen LogP contribution >= 0.6 is 0 Å². The number of anilines is 1. The minimum Gasteiger partial charge on any atom is -0.378 e. The van der Waals surface area contributed by atoms with Gasteiger partial charge in [0.2, 0.25) is 5.91 Å². The monoisotopic (exact) mass is 398 g/mol. The molecule has 0 radical (unpaired) electrons. The molecular formula is C23H34N4O2. The Morgan fingerprint density at radius 1 is 1.28 bits per heavy atom. The molecule has 2 saturated carbocycles. The molecule has 3 aliphatic rings. The van der Waals surface area contributed by atoms with Crippen LogP contribution in [0.5, 0.6) is 0 Å². The van der Waals surface area contributed by atoms with Crippen LogP contribution in [0.4, 0.5) is 5.69 Å². The van der Waals surface area contributed by atoms with Gasteiger partial charge in [-0.05, 0) is 55.1 Å². The highest BCUT2D eigenvalue weighted by molar-refractivity contribution is 5.93. The van der Waals surface area contributed by atoms with Crippen LogP contribution in [0.3, 0.4) is 0 Å². The predicted octanol–water partition coefficient (Wildman–Crippen LogP) is 2.94. The third-order valence-corrected chi connectivity index (χ3v) is 7.77. The molecule has 0 spiro atoms. The minimum absolute atomic E-state index is 0.00589. The summed E-state index contributed by atoms with van der Waals surface area (Å²) in [5.74, 6) is 1.79. The largest absolute Gasteiger partial charge is 0.378 e. The number of hydrogen-bond acceptors (Lipinski definition) is 4. The molecule has 2 heterocycles. The van der Waals surface area contributed by atoms with Gasteiger partial charge in [0.15, 0.2) is 0 Å². The first-order valence-corrected chi connectivity index (χ1v) is 11.0. The molecule has 1 aromatic heterocycles. The summed E-state index contributed by atoms with van der Waals surface area (Å²) in [5, 5.41) is 3.15. The lowest BCUT2D eigenvalue weighted by molar-refractivity contribution is -0.137. The number of rotatable bonds is 5. The molecule has 2 amide bonds. The zero-order chi connectivity index (χ0) is 20.9. The lowest BCUT2D eigenvalue weighted by Crippen LogP contribution is -2.48. The first-order valence-electron chi connectivity index (χ1n) is 11.0. The van der Waals surface area contributed by atoms with Gasteiger partial charge in [-0.1, -0.05) is 20.8 Å². The smallest absolute Gasteiger partial charge is 0.270 e. The summed E-state index contributed by atoms with van der Waals surface area (Å²) >= 11 is 0. The van der Waals surface area contributed by atoms with E-state index in [1.165, 1.54) is 0 Å². The van der Waals surface area contributed by atoms with Crippen LogP contribution in [0, 0.1) is 23.2 Å². The predicted molar refractivity (Wildman–Crippen MR) is 114 cm³/mol. The van der Waals surface area contributed by atoms with E-state index in [1.54, 1.807) is 12.3 Å². The third-order valence-electron chi connectivity index (χ3n) is 7.77. The van der Waals surface area contributed by atoms with Crippen molar-refractivity contribution in [3.8, 4) is 0 Å². The number of hydrogen-bond donors (Lipinski definition) is 1. The van der Waals surface area contributed by atoms with Crippen LogP contribution in [-0.2, 0) is 4.79 Å². The van der Waals surface area contributed by atoms with Crippen molar-refractivity contribution in [3.63, 3.8) is 0 Å².